The Hall–Kier alpha value is -3.10. The molecule has 4 rings (SSSR count). The van der Waals surface area contributed by atoms with Crippen LogP contribution in [0.25, 0.3) is 0 Å². The van der Waals surface area contributed by atoms with Gasteiger partial charge in [-0.1, -0.05) is 18.2 Å². The van der Waals surface area contributed by atoms with Crippen LogP contribution in [0.1, 0.15) is 40.5 Å². The lowest BCUT2D eigenvalue weighted by Gasteiger charge is -2.29. The number of aromatic nitrogens is 1. The Balaban J connectivity index is 1.45. The van der Waals surface area contributed by atoms with E-state index in [4.69, 9.17) is 14.2 Å². The Kier molecular flexibility index (Phi) is 7.80. The van der Waals surface area contributed by atoms with Crippen molar-refractivity contribution in [3.8, 4) is 17.2 Å². The third-order valence-electron chi connectivity index (χ3n) is 5.82. The zero-order valence-electron chi connectivity index (χ0n) is 19.0. The second-order valence-electron chi connectivity index (χ2n) is 7.84. The highest BCUT2D eigenvalue weighted by Crippen LogP contribution is 2.32. The van der Waals surface area contributed by atoms with E-state index in [0.717, 1.165) is 30.1 Å². The molecule has 1 aliphatic heterocycles. The molecule has 1 N–H and O–H groups in total. The molecule has 7 nitrogen and oxygen atoms in total. The third kappa shape index (κ3) is 5.64. The number of rotatable bonds is 10. The van der Waals surface area contributed by atoms with E-state index in [-0.39, 0.29) is 11.9 Å². The standard InChI is InChI=1S/C25H29N3O4S/c1-30-22-8-4-3-7-20(22)21(28-11-5-6-12-28)14-26-25(29)18-9-10-23(24(13-18)31-2)32-15-19-16-33-17-27-19/h3-4,7-10,13,16-17,21H,5-6,11-12,14-15H2,1-2H3,(H,26,29). The first-order valence-electron chi connectivity index (χ1n) is 11.0. The lowest BCUT2D eigenvalue weighted by molar-refractivity contribution is 0.0937. The summed E-state index contributed by atoms with van der Waals surface area (Å²) in [4.78, 5) is 19.6. The van der Waals surface area contributed by atoms with Crippen LogP contribution in [0.15, 0.2) is 53.4 Å². The maximum atomic E-state index is 13.0. The van der Waals surface area contributed by atoms with Crippen molar-refractivity contribution in [3.63, 3.8) is 0 Å². The normalized spacial score (nSPS) is 14.6. The highest BCUT2D eigenvalue weighted by Gasteiger charge is 2.26. The summed E-state index contributed by atoms with van der Waals surface area (Å²) in [5, 5.41) is 5.05. The SMILES string of the molecule is COc1cc(C(=O)NCC(c2ccccc2OC)N2CCCC2)ccc1OCc1cscn1. The Morgan fingerprint density at radius 2 is 1.88 bits per heavy atom. The summed E-state index contributed by atoms with van der Waals surface area (Å²) in [6.07, 6.45) is 2.33. The van der Waals surface area contributed by atoms with Gasteiger partial charge in [0.05, 0.1) is 31.5 Å². The first kappa shape index (κ1) is 23.1. The van der Waals surface area contributed by atoms with Gasteiger partial charge in [-0.15, -0.1) is 11.3 Å². The van der Waals surface area contributed by atoms with E-state index >= 15 is 0 Å². The molecule has 1 fully saturated rings. The summed E-state index contributed by atoms with van der Waals surface area (Å²) in [5.41, 5.74) is 4.23. The van der Waals surface area contributed by atoms with Gasteiger partial charge >= 0.3 is 0 Å². The molecule has 1 atom stereocenters. The summed E-state index contributed by atoms with van der Waals surface area (Å²) in [5.74, 6) is 1.77. The molecular weight excluding hydrogens is 438 g/mol. The number of nitrogens with one attached hydrogen (secondary N) is 1. The number of thiazole rings is 1. The minimum atomic E-state index is -0.154. The fourth-order valence-corrected chi connectivity index (χ4v) is 4.65. The molecule has 1 aromatic heterocycles. The minimum Gasteiger partial charge on any atom is -0.496 e. The second-order valence-corrected chi connectivity index (χ2v) is 8.56. The largest absolute Gasteiger partial charge is 0.496 e. The Morgan fingerprint density at radius 3 is 2.61 bits per heavy atom. The Labute approximate surface area is 198 Å². The molecule has 0 bridgehead atoms. The van der Waals surface area contributed by atoms with Crippen LogP contribution in [0, 0.1) is 0 Å². The van der Waals surface area contributed by atoms with E-state index in [1.807, 2.05) is 23.6 Å². The second kappa shape index (κ2) is 11.2. The number of likely N-dealkylation sites (tertiary alicyclic amines) is 1. The fourth-order valence-electron chi connectivity index (χ4n) is 4.11. The van der Waals surface area contributed by atoms with Gasteiger partial charge in [0, 0.05) is 23.1 Å². The Bertz CT molecular complexity index is 1050. The molecule has 1 aliphatic rings. The van der Waals surface area contributed by atoms with Gasteiger partial charge in [0.2, 0.25) is 0 Å². The van der Waals surface area contributed by atoms with Crippen LogP contribution in [-0.4, -0.2) is 49.6 Å². The molecule has 1 saturated heterocycles. The van der Waals surface area contributed by atoms with Crippen molar-refractivity contribution in [2.75, 3.05) is 33.9 Å². The van der Waals surface area contributed by atoms with E-state index in [0.29, 0.717) is 30.2 Å². The molecule has 1 unspecified atom stereocenters. The van der Waals surface area contributed by atoms with Crippen LogP contribution in [-0.2, 0) is 6.61 Å². The van der Waals surface area contributed by atoms with Crippen molar-refractivity contribution in [3.05, 3.63) is 70.2 Å². The maximum Gasteiger partial charge on any atom is 0.251 e. The van der Waals surface area contributed by atoms with Gasteiger partial charge in [-0.05, 0) is 50.2 Å². The zero-order valence-corrected chi connectivity index (χ0v) is 19.8. The number of carbonyl (C=O) groups is 1. The van der Waals surface area contributed by atoms with Crippen molar-refractivity contribution in [1.82, 2.24) is 15.2 Å². The average Bonchev–Trinajstić information content (AvgIpc) is 3.58. The summed E-state index contributed by atoms with van der Waals surface area (Å²) in [6.45, 7) is 2.86. The molecule has 33 heavy (non-hydrogen) atoms. The molecule has 174 valence electrons. The minimum absolute atomic E-state index is 0.0511. The van der Waals surface area contributed by atoms with E-state index in [1.54, 1.807) is 37.9 Å². The van der Waals surface area contributed by atoms with Crippen LogP contribution in [0.2, 0.25) is 0 Å². The molecule has 1 amide bonds. The predicted molar refractivity (Wildman–Crippen MR) is 128 cm³/mol. The topological polar surface area (TPSA) is 72.9 Å². The molecule has 3 aromatic rings. The summed E-state index contributed by atoms with van der Waals surface area (Å²) in [6, 6.07) is 13.3. The van der Waals surface area contributed by atoms with Gasteiger partial charge in [-0.2, -0.15) is 0 Å². The van der Waals surface area contributed by atoms with Gasteiger partial charge in [-0.25, -0.2) is 4.98 Å². The molecule has 2 heterocycles. The van der Waals surface area contributed by atoms with Crippen molar-refractivity contribution in [2.45, 2.75) is 25.5 Å². The summed E-state index contributed by atoms with van der Waals surface area (Å²) >= 11 is 1.52. The predicted octanol–water partition coefficient (Wildman–Crippen LogP) is 4.31. The lowest BCUT2D eigenvalue weighted by Crippen LogP contribution is -2.37. The highest BCUT2D eigenvalue weighted by atomic mass is 32.1. The number of hydrogen-bond acceptors (Lipinski definition) is 7. The first-order valence-corrected chi connectivity index (χ1v) is 12.0. The number of methoxy groups -OCH3 is 2. The molecule has 0 aliphatic carbocycles. The monoisotopic (exact) mass is 467 g/mol. The molecule has 0 spiro atoms. The quantitative estimate of drug-likeness (QED) is 0.479. The van der Waals surface area contributed by atoms with Crippen LogP contribution < -0.4 is 19.5 Å². The van der Waals surface area contributed by atoms with Gasteiger partial charge in [-0.3, -0.25) is 9.69 Å². The van der Waals surface area contributed by atoms with Crippen molar-refractivity contribution < 1.29 is 19.0 Å². The summed E-state index contributed by atoms with van der Waals surface area (Å²) in [7, 11) is 3.25. The summed E-state index contributed by atoms with van der Waals surface area (Å²) < 4.78 is 16.9. The first-order chi connectivity index (χ1) is 16.2. The van der Waals surface area contributed by atoms with Crippen LogP contribution >= 0.6 is 11.3 Å². The molecule has 2 aromatic carbocycles. The molecule has 8 heteroatoms. The van der Waals surface area contributed by atoms with E-state index < -0.39 is 0 Å². The molecular formula is C25H29N3O4S. The van der Waals surface area contributed by atoms with Gasteiger partial charge < -0.3 is 19.5 Å². The van der Waals surface area contributed by atoms with E-state index in [1.165, 1.54) is 24.2 Å². The number of carbonyl (C=O) groups excluding carboxylic acids is 1. The molecule has 0 radical (unpaired) electrons. The van der Waals surface area contributed by atoms with Crippen molar-refractivity contribution in [2.24, 2.45) is 0 Å². The van der Waals surface area contributed by atoms with Crippen molar-refractivity contribution >= 4 is 17.2 Å². The maximum absolute atomic E-state index is 13.0. The average molecular weight is 468 g/mol. The van der Waals surface area contributed by atoms with Gasteiger partial charge in [0.25, 0.3) is 5.91 Å². The highest BCUT2D eigenvalue weighted by molar-refractivity contribution is 7.07. The van der Waals surface area contributed by atoms with Crippen LogP contribution in [0.4, 0.5) is 0 Å². The van der Waals surface area contributed by atoms with Gasteiger partial charge in [0.1, 0.15) is 12.4 Å². The van der Waals surface area contributed by atoms with E-state index in [2.05, 4.69) is 21.3 Å². The number of ether oxygens (including phenoxy) is 3. The zero-order chi connectivity index (χ0) is 23.0. The number of nitrogens with zero attached hydrogens (tertiary/aromatic N) is 2. The van der Waals surface area contributed by atoms with Crippen LogP contribution in [0.3, 0.4) is 0 Å². The number of amides is 1. The molecule has 0 saturated carbocycles. The number of para-hydroxylation sites is 1. The number of hydrogen-bond donors (Lipinski definition) is 1. The smallest absolute Gasteiger partial charge is 0.251 e. The van der Waals surface area contributed by atoms with Crippen LogP contribution in [0.5, 0.6) is 17.2 Å². The fraction of sp³-hybridized carbons (Fsp3) is 0.360. The van der Waals surface area contributed by atoms with E-state index in [9.17, 15) is 4.79 Å². The lowest BCUT2D eigenvalue weighted by atomic mass is 10.0. The number of benzene rings is 2. The Morgan fingerprint density at radius 1 is 1.09 bits per heavy atom. The third-order valence-corrected chi connectivity index (χ3v) is 6.46. The van der Waals surface area contributed by atoms with Crippen molar-refractivity contribution in [1.29, 1.82) is 0 Å². The van der Waals surface area contributed by atoms with Gasteiger partial charge in [0.15, 0.2) is 11.5 Å².